The van der Waals surface area contributed by atoms with Gasteiger partial charge in [-0.1, -0.05) is 48.3 Å². The standard InChI is InChI=1S/C22H16FN3O3S/c1-2-11-29-17-9-5-15(6-10-17)13-19-21(28)26-22(30-19)24-20(27)18(25-26)12-14-3-7-16(23)8-4-14/h2-10,13H,1,11-12H2/b19-13-. The van der Waals surface area contributed by atoms with Gasteiger partial charge < -0.3 is 4.74 Å². The minimum Gasteiger partial charge on any atom is -0.490 e. The van der Waals surface area contributed by atoms with Crippen molar-refractivity contribution in [3.05, 3.63) is 109 Å². The summed E-state index contributed by atoms with van der Waals surface area (Å²) in [6.07, 6.45) is 3.53. The van der Waals surface area contributed by atoms with Crippen molar-refractivity contribution >= 4 is 22.4 Å². The average Bonchev–Trinajstić information content (AvgIpc) is 3.04. The van der Waals surface area contributed by atoms with Crippen LogP contribution in [0.3, 0.4) is 0 Å². The van der Waals surface area contributed by atoms with Gasteiger partial charge in [0.2, 0.25) is 4.96 Å². The second-order valence-electron chi connectivity index (χ2n) is 6.45. The van der Waals surface area contributed by atoms with Crippen LogP contribution in [-0.4, -0.2) is 21.2 Å². The van der Waals surface area contributed by atoms with Crippen LogP contribution in [0.2, 0.25) is 0 Å². The van der Waals surface area contributed by atoms with Crippen molar-refractivity contribution in [2.75, 3.05) is 6.61 Å². The highest BCUT2D eigenvalue weighted by molar-refractivity contribution is 7.15. The lowest BCUT2D eigenvalue weighted by molar-refractivity contribution is 0.363. The van der Waals surface area contributed by atoms with Gasteiger partial charge in [-0.15, -0.1) is 0 Å². The van der Waals surface area contributed by atoms with Gasteiger partial charge in [0.25, 0.3) is 11.1 Å². The predicted molar refractivity (Wildman–Crippen MR) is 114 cm³/mol. The molecular formula is C22H16FN3O3S. The largest absolute Gasteiger partial charge is 0.490 e. The quantitative estimate of drug-likeness (QED) is 0.447. The maximum absolute atomic E-state index is 13.1. The molecule has 0 aliphatic heterocycles. The molecule has 0 aliphatic rings. The Morgan fingerprint density at radius 1 is 1.10 bits per heavy atom. The van der Waals surface area contributed by atoms with Crippen LogP contribution in [0, 0.1) is 5.82 Å². The van der Waals surface area contributed by atoms with E-state index in [0.29, 0.717) is 22.5 Å². The summed E-state index contributed by atoms with van der Waals surface area (Å²) >= 11 is 1.10. The highest BCUT2D eigenvalue weighted by Crippen LogP contribution is 2.13. The molecule has 6 nitrogen and oxygen atoms in total. The molecule has 4 rings (SSSR count). The smallest absolute Gasteiger partial charge is 0.296 e. The molecule has 4 aromatic rings. The maximum atomic E-state index is 13.1. The van der Waals surface area contributed by atoms with Gasteiger partial charge >= 0.3 is 0 Å². The van der Waals surface area contributed by atoms with Crippen molar-refractivity contribution in [2.24, 2.45) is 0 Å². The molecule has 150 valence electrons. The predicted octanol–water partition coefficient (Wildman–Crippen LogP) is 2.35. The fourth-order valence-corrected chi connectivity index (χ4v) is 3.72. The number of aromatic nitrogens is 3. The second kappa shape index (κ2) is 8.38. The topological polar surface area (TPSA) is 73.6 Å². The molecule has 0 saturated carbocycles. The summed E-state index contributed by atoms with van der Waals surface area (Å²) in [5.41, 5.74) is 0.782. The van der Waals surface area contributed by atoms with E-state index in [-0.39, 0.29) is 28.5 Å². The van der Waals surface area contributed by atoms with Gasteiger partial charge in [-0.3, -0.25) is 9.59 Å². The SMILES string of the molecule is C=CCOc1ccc(/C=c2\sc3nc(=O)c(Cc4ccc(F)cc4)nn3c2=O)cc1. The first-order chi connectivity index (χ1) is 14.5. The van der Waals surface area contributed by atoms with Crippen molar-refractivity contribution in [1.82, 2.24) is 14.6 Å². The summed E-state index contributed by atoms with van der Waals surface area (Å²) in [6, 6.07) is 13.0. The molecular weight excluding hydrogens is 405 g/mol. The first-order valence-electron chi connectivity index (χ1n) is 9.06. The number of ether oxygens (including phenoxy) is 1. The van der Waals surface area contributed by atoms with Gasteiger partial charge in [0.15, 0.2) is 0 Å². The van der Waals surface area contributed by atoms with E-state index in [2.05, 4.69) is 16.7 Å². The Morgan fingerprint density at radius 3 is 2.53 bits per heavy atom. The van der Waals surface area contributed by atoms with Crippen molar-refractivity contribution in [3.63, 3.8) is 0 Å². The maximum Gasteiger partial charge on any atom is 0.296 e. The van der Waals surface area contributed by atoms with E-state index >= 15 is 0 Å². The molecule has 0 amide bonds. The van der Waals surface area contributed by atoms with Crippen LogP contribution in [0.15, 0.2) is 70.8 Å². The monoisotopic (exact) mass is 421 g/mol. The van der Waals surface area contributed by atoms with Gasteiger partial charge in [-0.2, -0.15) is 14.6 Å². The molecule has 0 radical (unpaired) electrons. The van der Waals surface area contributed by atoms with Gasteiger partial charge in [0, 0.05) is 6.42 Å². The van der Waals surface area contributed by atoms with E-state index in [0.717, 1.165) is 21.4 Å². The molecule has 8 heteroatoms. The van der Waals surface area contributed by atoms with E-state index < -0.39 is 5.56 Å². The summed E-state index contributed by atoms with van der Waals surface area (Å²) in [5.74, 6) is 0.335. The van der Waals surface area contributed by atoms with E-state index in [1.54, 1.807) is 36.4 Å². The van der Waals surface area contributed by atoms with E-state index in [1.807, 2.05) is 12.1 Å². The highest BCUT2D eigenvalue weighted by Gasteiger charge is 2.12. The zero-order valence-corrected chi connectivity index (χ0v) is 16.6. The highest BCUT2D eigenvalue weighted by atomic mass is 32.1. The summed E-state index contributed by atoms with van der Waals surface area (Å²) in [4.78, 5) is 29.3. The van der Waals surface area contributed by atoms with E-state index in [4.69, 9.17) is 4.74 Å². The fourth-order valence-electron chi connectivity index (χ4n) is 2.81. The molecule has 0 bridgehead atoms. The Kier molecular flexibility index (Phi) is 5.49. The first kappa shape index (κ1) is 19.7. The summed E-state index contributed by atoms with van der Waals surface area (Å²) in [7, 11) is 0. The van der Waals surface area contributed by atoms with Crippen molar-refractivity contribution in [1.29, 1.82) is 0 Å². The number of benzene rings is 2. The number of rotatable bonds is 6. The number of halogens is 1. The normalized spacial score (nSPS) is 11.7. The summed E-state index contributed by atoms with van der Waals surface area (Å²) in [6.45, 7) is 4.02. The Bertz CT molecular complexity index is 1380. The third-order valence-corrected chi connectivity index (χ3v) is 5.24. The lowest BCUT2D eigenvalue weighted by Crippen LogP contribution is -2.28. The van der Waals surface area contributed by atoms with Gasteiger partial charge in [-0.25, -0.2) is 4.39 Å². The van der Waals surface area contributed by atoms with Crippen LogP contribution in [0.5, 0.6) is 5.75 Å². The molecule has 0 unspecified atom stereocenters. The molecule has 0 N–H and O–H groups in total. The number of hydrogen-bond acceptors (Lipinski definition) is 6. The van der Waals surface area contributed by atoms with Crippen LogP contribution in [0.25, 0.3) is 11.0 Å². The average molecular weight is 421 g/mol. The van der Waals surface area contributed by atoms with Gasteiger partial charge in [0.1, 0.15) is 23.9 Å². The Morgan fingerprint density at radius 2 is 1.83 bits per heavy atom. The molecule has 0 saturated heterocycles. The van der Waals surface area contributed by atoms with Crippen LogP contribution >= 0.6 is 11.3 Å². The molecule has 0 aliphatic carbocycles. The van der Waals surface area contributed by atoms with Crippen LogP contribution in [-0.2, 0) is 6.42 Å². The molecule has 0 fully saturated rings. The number of fused-ring (bicyclic) bond motifs is 1. The Balaban J connectivity index is 1.69. The Labute approximate surface area is 174 Å². The molecule has 2 aromatic carbocycles. The number of hydrogen-bond donors (Lipinski definition) is 0. The molecule has 2 aromatic heterocycles. The summed E-state index contributed by atoms with van der Waals surface area (Å²) in [5, 5.41) is 4.20. The van der Waals surface area contributed by atoms with Crippen molar-refractivity contribution in [3.8, 4) is 5.75 Å². The number of nitrogens with zero attached hydrogens (tertiary/aromatic N) is 3. The van der Waals surface area contributed by atoms with Crippen LogP contribution < -0.4 is 20.4 Å². The zero-order chi connectivity index (χ0) is 21.1. The van der Waals surface area contributed by atoms with E-state index in [1.165, 1.54) is 12.1 Å². The van der Waals surface area contributed by atoms with Gasteiger partial charge in [-0.05, 0) is 41.5 Å². The third kappa shape index (κ3) is 4.18. The second-order valence-corrected chi connectivity index (χ2v) is 7.45. The van der Waals surface area contributed by atoms with E-state index in [9.17, 15) is 14.0 Å². The minimum absolute atomic E-state index is 0.129. The Hall–Kier alpha value is -3.65. The molecule has 0 spiro atoms. The van der Waals surface area contributed by atoms with Crippen LogP contribution in [0.1, 0.15) is 16.8 Å². The summed E-state index contributed by atoms with van der Waals surface area (Å²) < 4.78 is 20.1. The lowest BCUT2D eigenvalue weighted by Gasteiger charge is -2.02. The van der Waals surface area contributed by atoms with Crippen molar-refractivity contribution < 1.29 is 9.13 Å². The fraction of sp³-hybridized carbons (Fsp3) is 0.0909. The van der Waals surface area contributed by atoms with Gasteiger partial charge in [0.05, 0.1) is 4.53 Å². The molecule has 0 atom stereocenters. The zero-order valence-electron chi connectivity index (χ0n) is 15.7. The minimum atomic E-state index is -0.504. The first-order valence-corrected chi connectivity index (χ1v) is 9.88. The molecule has 2 heterocycles. The third-order valence-electron chi connectivity index (χ3n) is 4.28. The lowest BCUT2D eigenvalue weighted by atomic mass is 10.1. The molecule has 30 heavy (non-hydrogen) atoms. The van der Waals surface area contributed by atoms with Crippen molar-refractivity contribution in [2.45, 2.75) is 6.42 Å². The number of thiazole rings is 1. The van der Waals surface area contributed by atoms with Crippen LogP contribution in [0.4, 0.5) is 4.39 Å².